The lowest BCUT2D eigenvalue weighted by Gasteiger charge is -2.07. The summed E-state index contributed by atoms with van der Waals surface area (Å²) in [5.41, 5.74) is 0.437. The van der Waals surface area contributed by atoms with Crippen molar-refractivity contribution in [1.82, 2.24) is 4.98 Å². The molecular formula is C12H16N2O3. The molecule has 17 heavy (non-hydrogen) atoms. The molecule has 0 unspecified atom stereocenters. The molecule has 0 spiro atoms. The molecule has 1 aromatic heterocycles. The third kappa shape index (κ3) is 5.29. The van der Waals surface area contributed by atoms with Crippen LogP contribution in [0.1, 0.15) is 12.0 Å². The van der Waals surface area contributed by atoms with E-state index in [4.69, 9.17) is 19.5 Å². The molecule has 1 aromatic rings. The first-order chi connectivity index (χ1) is 8.38. The minimum Gasteiger partial charge on any atom is -0.474 e. The topological polar surface area (TPSA) is 64.4 Å². The Morgan fingerprint density at radius 2 is 2.18 bits per heavy atom. The summed E-state index contributed by atoms with van der Waals surface area (Å²) in [7, 11) is 1.66. The van der Waals surface area contributed by atoms with Crippen LogP contribution in [0.5, 0.6) is 5.88 Å². The van der Waals surface area contributed by atoms with Gasteiger partial charge in [0.05, 0.1) is 6.61 Å². The molecule has 0 aliphatic rings. The van der Waals surface area contributed by atoms with Gasteiger partial charge >= 0.3 is 0 Å². The SMILES string of the molecule is COCCCOCCOc1ncccc1C#N. The standard InChI is InChI=1S/C12H16N2O3/c1-15-6-3-7-16-8-9-17-12-11(10-13)4-2-5-14-12/h2,4-5H,3,6-9H2,1H3. The predicted octanol–water partition coefficient (Wildman–Crippen LogP) is 1.39. The van der Waals surface area contributed by atoms with Gasteiger partial charge in [-0.15, -0.1) is 0 Å². The summed E-state index contributed by atoms with van der Waals surface area (Å²) >= 11 is 0. The number of nitriles is 1. The van der Waals surface area contributed by atoms with E-state index in [0.29, 0.717) is 37.9 Å². The summed E-state index contributed by atoms with van der Waals surface area (Å²) in [6.07, 6.45) is 2.46. The fourth-order valence-electron chi connectivity index (χ4n) is 1.20. The maximum atomic E-state index is 8.80. The third-order valence-electron chi connectivity index (χ3n) is 2.00. The molecule has 0 atom stereocenters. The summed E-state index contributed by atoms with van der Waals surface area (Å²) in [4.78, 5) is 3.98. The van der Waals surface area contributed by atoms with Crippen molar-refractivity contribution >= 4 is 0 Å². The van der Waals surface area contributed by atoms with E-state index in [1.807, 2.05) is 6.07 Å². The van der Waals surface area contributed by atoms with Crippen molar-refractivity contribution in [3.63, 3.8) is 0 Å². The Morgan fingerprint density at radius 1 is 1.29 bits per heavy atom. The summed E-state index contributed by atoms with van der Waals surface area (Å²) < 4.78 is 15.6. The number of ether oxygens (including phenoxy) is 3. The second kappa shape index (κ2) is 8.50. The van der Waals surface area contributed by atoms with E-state index < -0.39 is 0 Å². The van der Waals surface area contributed by atoms with Gasteiger partial charge < -0.3 is 14.2 Å². The van der Waals surface area contributed by atoms with E-state index in [2.05, 4.69) is 4.98 Å². The van der Waals surface area contributed by atoms with Crippen LogP contribution in [0.15, 0.2) is 18.3 Å². The van der Waals surface area contributed by atoms with Gasteiger partial charge in [-0.05, 0) is 18.6 Å². The Morgan fingerprint density at radius 3 is 2.94 bits per heavy atom. The molecular weight excluding hydrogens is 220 g/mol. The highest BCUT2D eigenvalue weighted by molar-refractivity contribution is 5.36. The Hall–Kier alpha value is -1.64. The summed E-state index contributed by atoms with van der Waals surface area (Å²) in [5, 5.41) is 8.80. The zero-order valence-electron chi connectivity index (χ0n) is 9.89. The number of aromatic nitrogens is 1. The summed E-state index contributed by atoms with van der Waals surface area (Å²) in [6, 6.07) is 5.39. The molecule has 0 radical (unpaired) electrons. The number of hydrogen-bond acceptors (Lipinski definition) is 5. The molecule has 1 heterocycles. The lowest BCUT2D eigenvalue weighted by molar-refractivity contribution is 0.0795. The van der Waals surface area contributed by atoms with Crippen LogP contribution in [0.2, 0.25) is 0 Å². The van der Waals surface area contributed by atoms with Crippen LogP contribution in [0.3, 0.4) is 0 Å². The van der Waals surface area contributed by atoms with Gasteiger partial charge in [0.15, 0.2) is 0 Å². The fraction of sp³-hybridized carbons (Fsp3) is 0.500. The predicted molar refractivity (Wildman–Crippen MR) is 61.8 cm³/mol. The molecule has 0 saturated heterocycles. The Bertz CT molecular complexity index is 363. The second-order valence-electron chi connectivity index (χ2n) is 3.28. The monoisotopic (exact) mass is 236 g/mol. The van der Waals surface area contributed by atoms with Crippen molar-refractivity contribution < 1.29 is 14.2 Å². The molecule has 0 N–H and O–H groups in total. The van der Waals surface area contributed by atoms with Gasteiger partial charge in [0, 0.05) is 26.5 Å². The Labute approximate surface area is 101 Å². The smallest absolute Gasteiger partial charge is 0.231 e. The highest BCUT2D eigenvalue weighted by Crippen LogP contribution is 2.11. The van der Waals surface area contributed by atoms with Crippen LogP contribution in [0, 0.1) is 11.3 Å². The zero-order valence-corrected chi connectivity index (χ0v) is 9.89. The molecule has 0 aromatic carbocycles. The lowest BCUT2D eigenvalue weighted by Crippen LogP contribution is -2.09. The minimum atomic E-state index is 0.357. The van der Waals surface area contributed by atoms with Crippen LogP contribution in [-0.2, 0) is 9.47 Å². The van der Waals surface area contributed by atoms with Crippen LogP contribution < -0.4 is 4.74 Å². The Kier molecular flexibility index (Phi) is 6.72. The van der Waals surface area contributed by atoms with Gasteiger partial charge in [0.2, 0.25) is 5.88 Å². The van der Waals surface area contributed by atoms with E-state index in [1.54, 1.807) is 25.4 Å². The van der Waals surface area contributed by atoms with Gasteiger partial charge in [-0.1, -0.05) is 0 Å². The molecule has 1 rings (SSSR count). The largest absolute Gasteiger partial charge is 0.474 e. The molecule has 0 amide bonds. The number of pyridine rings is 1. The van der Waals surface area contributed by atoms with Crippen LogP contribution in [-0.4, -0.2) is 38.5 Å². The van der Waals surface area contributed by atoms with Crippen molar-refractivity contribution in [2.45, 2.75) is 6.42 Å². The normalized spacial score (nSPS) is 9.88. The molecule has 0 fully saturated rings. The fourth-order valence-corrected chi connectivity index (χ4v) is 1.20. The van der Waals surface area contributed by atoms with E-state index in [1.165, 1.54) is 0 Å². The van der Waals surface area contributed by atoms with E-state index >= 15 is 0 Å². The van der Waals surface area contributed by atoms with Crippen molar-refractivity contribution in [3.8, 4) is 11.9 Å². The molecule has 0 saturated carbocycles. The maximum absolute atomic E-state index is 8.80. The van der Waals surface area contributed by atoms with Crippen molar-refractivity contribution in [2.75, 3.05) is 33.5 Å². The maximum Gasteiger partial charge on any atom is 0.231 e. The van der Waals surface area contributed by atoms with Crippen molar-refractivity contribution in [2.24, 2.45) is 0 Å². The summed E-state index contributed by atoms with van der Waals surface area (Å²) in [6.45, 7) is 2.20. The molecule has 0 aliphatic carbocycles. The highest BCUT2D eigenvalue weighted by atomic mass is 16.5. The van der Waals surface area contributed by atoms with E-state index in [-0.39, 0.29) is 0 Å². The highest BCUT2D eigenvalue weighted by Gasteiger charge is 2.02. The average molecular weight is 236 g/mol. The lowest BCUT2D eigenvalue weighted by atomic mass is 10.3. The third-order valence-corrected chi connectivity index (χ3v) is 2.00. The first-order valence-corrected chi connectivity index (χ1v) is 5.43. The Balaban J connectivity index is 2.16. The van der Waals surface area contributed by atoms with E-state index in [9.17, 15) is 0 Å². The molecule has 0 aliphatic heterocycles. The van der Waals surface area contributed by atoms with Gasteiger partial charge in [0.25, 0.3) is 0 Å². The second-order valence-corrected chi connectivity index (χ2v) is 3.28. The average Bonchev–Trinajstić information content (AvgIpc) is 2.38. The van der Waals surface area contributed by atoms with E-state index in [0.717, 1.165) is 6.42 Å². The number of methoxy groups -OCH3 is 1. The van der Waals surface area contributed by atoms with Gasteiger partial charge in [-0.3, -0.25) is 0 Å². The molecule has 5 heteroatoms. The molecule has 0 bridgehead atoms. The number of nitrogens with zero attached hydrogens (tertiary/aromatic N) is 2. The van der Waals surface area contributed by atoms with Crippen LogP contribution in [0.4, 0.5) is 0 Å². The first kappa shape index (κ1) is 13.4. The van der Waals surface area contributed by atoms with Gasteiger partial charge in [-0.2, -0.15) is 5.26 Å². The van der Waals surface area contributed by atoms with Crippen molar-refractivity contribution in [3.05, 3.63) is 23.9 Å². The quantitative estimate of drug-likeness (QED) is 0.638. The van der Waals surface area contributed by atoms with Gasteiger partial charge in [-0.25, -0.2) is 4.98 Å². The number of hydrogen-bond donors (Lipinski definition) is 0. The van der Waals surface area contributed by atoms with Crippen LogP contribution >= 0.6 is 0 Å². The van der Waals surface area contributed by atoms with Crippen LogP contribution in [0.25, 0.3) is 0 Å². The minimum absolute atomic E-state index is 0.357. The molecule has 92 valence electrons. The summed E-state index contributed by atoms with van der Waals surface area (Å²) in [5.74, 6) is 0.357. The van der Waals surface area contributed by atoms with Crippen molar-refractivity contribution in [1.29, 1.82) is 5.26 Å². The van der Waals surface area contributed by atoms with Gasteiger partial charge in [0.1, 0.15) is 18.2 Å². The zero-order chi connectivity index (χ0) is 12.3. The first-order valence-electron chi connectivity index (χ1n) is 5.43. The molecule has 5 nitrogen and oxygen atoms in total. The number of rotatable bonds is 8.